The van der Waals surface area contributed by atoms with Crippen molar-refractivity contribution in [2.24, 2.45) is 0 Å². The van der Waals surface area contributed by atoms with Crippen LogP contribution in [0.25, 0.3) is 0 Å². The van der Waals surface area contributed by atoms with Gasteiger partial charge in [-0.25, -0.2) is 0 Å². The van der Waals surface area contributed by atoms with Gasteiger partial charge in [0.25, 0.3) is 0 Å². The van der Waals surface area contributed by atoms with Crippen molar-refractivity contribution in [1.29, 1.82) is 0 Å². The largest absolute Gasteiger partial charge is 0.499 e. The number of hydrogen-bond donors (Lipinski definition) is 2. The van der Waals surface area contributed by atoms with Gasteiger partial charge in [-0.3, -0.25) is 4.57 Å². The number of unbranched alkanes of at least 4 members (excludes halogenated alkanes) is 1. The van der Waals surface area contributed by atoms with E-state index in [0.717, 1.165) is 19.1 Å². The van der Waals surface area contributed by atoms with Crippen LogP contribution in [0.2, 0.25) is 0 Å². The Labute approximate surface area is 76.3 Å². The summed E-state index contributed by atoms with van der Waals surface area (Å²) >= 11 is 5.21. The van der Waals surface area contributed by atoms with E-state index in [1.807, 2.05) is 6.92 Å². The molecule has 4 nitrogen and oxygen atoms in total. The second-order valence-electron chi connectivity index (χ2n) is 2.21. The van der Waals surface area contributed by atoms with Gasteiger partial charge in [0.05, 0.1) is 6.61 Å². The lowest BCUT2D eigenvalue weighted by Gasteiger charge is -2.02. The molecule has 0 radical (unpaired) electrons. The van der Waals surface area contributed by atoms with E-state index in [-0.39, 0.29) is 0 Å². The molecule has 0 heterocycles. The minimum atomic E-state index is -4.30. The third-order valence-electron chi connectivity index (χ3n) is 1.07. The summed E-state index contributed by atoms with van der Waals surface area (Å²) in [5, 5.41) is 0. The third kappa shape index (κ3) is 5.61. The highest BCUT2D eigenvalue weighted by Crippen LogP contribution is 2.47. The summed E-state index contributed by atoms with van der Waals surface area (Å²) in [6, 6.07) is 0. The van der Waals surface area contributed by atoms with Gasteiger partial charge in [-0.15, -0.1) is 0 Å². The first-order chi connectivity index (χ1) is 5.48. The van der Waals surface area contributed by atoms with Crippen LogP contribution >= 0.6 is 19.2 Å². The third-order valence-corrected chi connectivity index (χ3v) is 2.49. The van der Waals surface area contributed by atoms with E-state index in [1.165, 1.54) is 0 Å². The summed E-state index contributed by atoms with van der Waals surface area (Å²) in [5.74, 6) is 0. The van der Waals surface area contributed by atoms with Crippen LogP contribution in [0.3, 0.4) is 0 Å². The summed E-state index contributed by atoms with van der Waals surface area (Å²) in [4.78, 5) is 16.9. The van der Waals surface area contributed by atoms with Crippen LogP contribution in [-0.2, 0) is 9.30 Å². The molecule has 0 unspecified atom stereocenters. The summed E-state index contributed by atoms with van der Waals surface area (Å²) in [6.07, 6.45) is 2.70. The summed E-state index contributed by atoms with van der Waals surface area (Å²) in [6.45, 7) is 2.41. The van der Waals surface area contributed by atoms with Gasteiger partial charge in [0.15, 0.2) is 4.77 Å². The molecule has 0 aromatic heterocycles. The zero-order chi connectivity index (χ0) is 9.61. The molecule has 72 valence electrons. The van der Waals surface area contributed by atoms with Crippen molar-refractivity contribution in [3.63, 3.8) is 0 Å². The molecule has 2 N–H and O–H groups in total. The Hall–Kier alpha value is -0.0200. The normalized spacial score (nSPS) is 13.2. The van der Waals surface area contributed by atoms with E-state index in [4.69, 9.17) is 26.1 Å². The molecule has 0 saturated heterocycles. The van der Waals surface area contributed by atoms with Crippen molar-refractivity contribution in [3.8, 4) is 0 Å². The molecule has 0 rings (SSSR count). The Balaban J connectivity index is 3.78. The highest BCUT2D eigenvalue weighted by Gasteiger charge is 2.18. The Morgan fingerprint density at radius 3 is 2.67 bits per heavy atom. The topological polar surface area (TPSA) is 66.8 Å². The van der Waals surface area contributed by atoms with Crippen LogP contribution in [0.5, 0.6) is 0 Å². The van der Waals surface area contributed by atoms with E-state index >= 15 is 0 Å². The minimum Gasteiger partial charge on any atom is -0.499 e. The summed E-state index contributed by atoms with van der Waals surface area (Å²) < 4.78 is 14.6. The zero-order valence-corrected chi connectivity index (χ0v) is 8.39. The average Bonchev–Trinajstić information content (AvgIpc) is 1.96. The first-order valence-corrected chi connectivity index (χ1v) is 5.51. The lowest BCUT2D eigenvalue weighted by atomic mass is 10.4. The van der Waals surface area contributed by atoms with Gasteiger partial charge in [0, 0.05) is 0 Å². The van der Waals surface area contributed by atoms with Crippen LogP contribution in [0.1, 0.15) is 19.8 Å². The molecule has 0 amide bonds. The van der Waals surface area contributed by atoms with Gasteiger partial charge in [-0.1, -0.05) is 24.9 Å². The Morgan fingerprint density at radius 2 is 2.25 bits per heavy atom. The summed E-state index contributed by atoms with van der Waals surface area (Å²) in [7, 11) is -4.30. The molecule has 0 saturated carbocycles. The molecule has 0 fully saturated rings. The smallest absolute Gasteiger partial charge is 0.370 e. The molecule has 0 aliphatic carbocycles. The van der Waals surface area contributed by atoms with Crippen molar-refractivity contribution in [2.45, 2.75) is 19.8 Å². The van der Waals surface area contributed by atoms with Crippen LogP contribution < -0.4 is 0 Å². The second kappa shape index (κ2) is 5.60. The van der Waals surface area contributed by atoms with Gasteiger partial charge >= 0.3 is 7.60 Å². The molecule has 12 heavy (non-hydrogen) atoms. The van der Waals surface area contributed by atoms with Gasteiger partial charge in [0.2, 0.25) is 0 Å². The highest BCUT2D eigenvalue weighted by atomic mass is 35.5. The number of halogens is 1. The van der Waals surface area contributed by atoms with Crippen molar-refractivity contribution < 1.29 is 19.1 Å². The van der Waals surface area contributed by atoms with Crippen molar-refractivity contribution in [3.05, 3.63) is 11.0 Å². The standard InChI is InChI=1S/C6H12ClO4P/c1-2-3-4-11-5-6(7)12(8,9)10/h5H,2-4H2,1H3,(H2,8,9,10). The average molecular weight is 215 g/mol. The maximum Gasteiger partial charge on any atom is 0.370 e. The lowest BCUT2D eigenvalue weighted by molar-refractivity contribution is 0.242. The highest BCUT2D eigenvalue weighted by molar-refractivity contribution is 7.59. The first kappa shape index (κ1) is 12.0. The van der Waals surface area contributed by atoms with Crippen LogP contribution in [0.4, 0.5) is 0 Å². The number of ether oxygens (including phenoxy) is 1. The summed E-state index contributed by atoms with van der Waals surface area (Å²) in [5.41, 5.74) is 0. The van der Waals surface area contributed by atoms with Gasteiger partial charge in [-0.2, -0.15) is 0 Å². The van der Waals surface area contributed by atoms with Crippen LogP contribution in [0, 0.1) is 0 Å². The number of hydrogen-bond acceptors (Lipinski definition) is 2. The van der Waals surface area contributed by atoms with E-state index in [0.29, 0.717) is 6.61 Å². The SMILES string of the molecule is CCCCOC=C(Cl)P(=O)(O)O. The fourth-order valence-corrected chi connectivity index (χ4v) is 0.699. The maximum atomic E-state index is 10.4. The lowest BCUT2D eigenvalue weighted by Crippen LogP contribution is -1.87. The van der Waals surface area contributed by atoms with Gasteiger partial charge in [0.1, 0.15) is 6.26 Å². The van der Waals surface area contributed by atoms with E-state index < -0.39 is 12.4 Å². The molecule has 6 heteroatoms. The predicted molar refractivity (Wildman–Crippen MR) is 46.8 cm³/mol. The van der Waals surface area contributed by atoms with Crippen molar-refractivity contribution in [2.75, 3.05) is 6.61 Å². The first-order valence-electron chi connectivity index (χ1n) is 3.52. The van der Waals surface area contributed by atoms with Crippen LogP contribution in [0.15, 0.2) is 11.0 Å². The Bertz CT molecular complexity index is 198. The molecule has 0 bridgehead atoms. The molecule has 0 spiro atoms. The molecule has 0 aliphatic rings. The molecule has 0 atom stereocenters. The number of rotatable bonds is 5. The quantitative estimate of drug-likeness (QED) is 0.417. The zero-order valence-electron chi connectivity index (χ0n) is 6.73. The van der Waals surface area contributed by atoms with Crippen molar-refractivity contribution in [1.82, 2.24) is 0 Å². The Morgan fingerprint density at radius 1 is 1.67 bits per heavy atom. The minimum absolute atomic E-state index is 0.423. The van der Waals surface area contributed by atoms with Gasteiger partial charge in [-0.05, 0) is 6.42 Å². The van der Waals surface area contributed by atoms with E-state index in [9.17, 15) is 4.57 Å². The maximum absolute atomic E-state index is 10.4. The van der Waals surface area contributed by atoms with Crippen LogP contribution in [-0.4, -0.2) is 16.4 Å². The Kier molecular flexibility index (Phi) is 5.59. The molecule has 0 aliphatic heterocycles. The fraction of sp³-hybridized carbons (Fsp3) is 0.667. The molecule has 0 aromatic rings. The van der Waals surface area contributed by atoms with E-state index in [2.05, 4.69) is 0 Å². The fourth-order valence-electron chi connectivity index (χ4n) is 0.424. The molecular formula is C6H12ClO4P. The monoisotopic (exact) mass is 214 g/mol. The van der Waals surface area contributed by atoms with Crippen molar-refractivity contribution >= 4 is 19.2 Å². The molecular weight excluding hydrogens is 202 g/mol. The van der Waals surface area contributed by atoms with E-state index in [1.54, 1.807) is 0 Å². The van der Waals surface area contributed by atoms with Gasteiger partial charge < -0.3 is 14.5 Å². The molecule has 0 aromatic carbocycles. The second-order valence-corrected chi connectivity index (χ2v) is 4.45. The predicted octanol–water partition coefficient (Wildman–Crippen LogP) is 2.02.